The number of rotatable bonds is 2. The van der Waals surface area contributed by atoms with E-state index in [0.717, 1.165) is 6.92 Å². The number of hydrogen-bond acceptors (Lipinski definition) is 5. The van der Waals surface area contributed by atoms with Gasteiger partial charge in [0.15, 0.2) is 11.7 Å². The first kappa shape index (κ1) is 10.9. The van der Waals surface area contributed by atoms with Gasteiger partial charge in [-0.25, -0.2) is 9.59 Å². The summed E-state index contributed by atoms with van der Waals surface area (Å²) in [7, 11) is 0. The molecule has 1 fully saturated rings. The van der Waals surface area contributed by atoms with Crippen LogP contribution in [0, 0.1) is 0 Å². The van der Waals surface area contributed by atoms with E-state index in [9.17, 15) is 14.7 Å². The number of aliphatic carboxylic acids is 1. The summed E-state index contributed by atoms with van der Waals surface area (Å²) >= 11 is 0. The van der Waals surface area contributed by atoms with E-state index in [1.54, 1.807) is 0 Å². The second-order valence-corrected chi connectivity index (χ2v) is 3.77. The van der Waals surface area contributed by atoms with Crippen molar-refractivity contribution in [3.8, 4) is 0 Å². The van der Waals surface area contributed by atoms with Crippen molar-refractivity contribution in [3.63, 3.8) is 0 Å². The first-order valence-corrected chi connectivity index (χ1v) is 4.03. The van der Waals surface area contributed by atoms with Gasteiger partial charge in [0.05, 0.1) is 0 Å². The molecule has 1 aliphatic heterocycles. The molecule has 6 nitrogen and oxygen atoms in total. The molecule has 0 amide bonds. The minimum atomic E-state index is -2.27. The normalized spacial score (nSPS) is 29.4. The van der Waals surface area contributed by atoms with Gasteiger partial charge in [-0.05, 0) is 6.92 Å². The highest BCUT2D eigenvalue weighted by Crippen LogP contribution is 2.30. The van der Waals surface area contributed by atoms with Gasteiger partial charge in [0.2, 0.25) is 5.79 Å². The molecular weight excluding hydrogens is 192 g/mol. The molecule has 0 radical (unpaired) electrons. The molecule has 1 heterocycles. The Morgan fingerprint density at radius 1 is 1.57 bits per heavy atom. The molecule has 6 heteroatoms. The summed E-state index contributed by atoms with van der Waals surface area (Å²) in [6, 6.07) is 0. The van der Waals surface area contributed by atoms with Crippen LogP contribution in [0.4, 0.5) is 0 Å². The second-order valence-electron chi connectivity index (χ2n) is 3.77. The Labute approximate surface area is 80.4 Å². The van der Waals surface area contributed by atoms with E-state index in [1.807, 2.05) is 0 Å². The summed E-state index contributed by atoms with van der Waals surface area (Å²) in [5.41, 5.74) is -2.27. The number of carboxylic acids is 1. The van der Waals surface area contributed by atoms with Crippen LogP contribution in [0.2, 0.25) is 0 Å². The maximum atomic E-state index is 11.2. The van der Waals surface area contributed by atoms with Crippen LogP contribution in [0.15, 0.2) is 0 Å². The van der Waals surface area contributed by atoms with E-state index >= 15 is 0 Å². The van der Waals surface area contributed by atoms with Crippen molar-refractivity contribution in [1.29, 1.82) is 0 Å². The average Bonchev–Trinajstić information content (AvgIpc) is 2.24. The van der Waals surface area contributed by atoms with Crippen molar-refractivity contribution in [3.05, 3.63) is 0 Å². The number of esters is 1. The van der Waals surface area contributed by atoms with Crippen LogP contribution in [-0.4, -0.2) is 39.6 Å². The Balaban J connectivity index is 2.91. The molecule has 0 spiro atoms. The topological polar surface area (TPSA) is 93.1 Å². The van der Waals surface area contributed by atoms with Crippen molar-refractivity contribution >= 4 is 11.9 Å². The molecule has 1 saturated heterocycles. The van der Waals surface area contributed by atoms with Gasteiger partial charge >= 0.3 is 11.9 Å². The number of carboxylic acid groups (broad SMARTS) is 1. The summed E-state index contributed by atoms with van der Waals surface area (Å²) in [6.45, 7) is 3.91. The SMILES string of the molecule is CC1(C)OC(=O)[C@H]([C@](C)(O)C(=O)O)O1. The number of cyclic esters (lactones) is 1. The van der Waals surface area contributed by atoms with Gasteiger partial charge in [-0.2, -0.15) is 0 Å². The van der Waals surface area contributed by atoms with Gasteiger partial charge in [0, 0.05) is 13.8 Å². The number of hydrogen-bond donors (Lipinski definition) is 2. The van der Waals surface area contributed by atoms with Crippen molar-refractivity contribution in [2.75, 3.05) is 0 Å². The van der Waals surface area contributed by atoms with Crippen molar-refractivity contribution in [1.82, 2.24) is 0 Å². The minimum absolute atomic E-state index is 0.873. The molecule has 0 aliphatic carbocycles. The van der Waals surface area contributed by atoms with Crippen LogP contribution in [0.3, 0.4) is 0 Å². The number of aliphatic hydroxyl groups is 1. The first-order valence-electron chi connectivity index (χ1n) is 4.03. The molecule has 0 saturated carbocycles. The lowest BCUT2D eigenvalue weighted by atomic mass is 10.00. The monoisotopic (exact) mass is 204 g/mol. The number of carbonyl (C=O) groups excluding carboxylic acids is 1. The van der Waals surface area contributed by atoms with Crippen LogP contribution in [0.1, 0.15) is 20.8 Å². The smallest absolute Gasteiger partial charge is 0.341 e. The summed E-state index contributed by atoms with van der Waals surface area (Å²) in [5.74, 6) is -3.60. The molecule has 0 aromatic rings. The number of carbonyl (C=O) groups is 2. The van der Waals surface area contributed by atoms with Gasteiger partial charge in [-0.3, -0.25) is 0 Å². The van der Waals surface area contributed by atoms with Gasteiger partial charge < -0.3 is 19.7 Å². The van der Waals surface area contributed by atoms with Gasteiger partial charge in [-0.15, -0.1) is 0 Å². The van der Waals surface area contributed by atoms with Crippen LogP contribution in [-0.2, 0) is 19.1 Å². The fourth-order valence-electron chi connectivity index (χ4n) is 1.11. The highest BCUT2D eigenvalue weighted by atomic mass is 16.8. The van der Waals surface area contributed by atoms with E-state index < -0.39 is 29.4 Å². The largest absolute Gasteiger partial charge is 0.479 e. The van der Waals surface area contributed by atoms with Crippen LogP contribution in [0.25, 0.3) is 0 Å². The molecule has 80 valence electrons. The Bertz CT molecular complexity index is 280. The summed E-state index contributed by atoms with van der Waals surface area (Å²) in [6.07, 6.45) is -1.49. The summed E-state index contributed by atoms with van der Waals surface area (Å²) in [4.78, 5) is 21.8. The van der Waals surface area contributed by atoms with E-state index in [0.29, 0.717) is 0 Å². The Morgan fingerprint density at radius 3 is 2.36 bits per heavy atom. The third-order valence-electron chi connectivity index (χ3n) is 1.91. The van der Waals surface area contributed by atoms with E-state index in [2.05, 4.69) is 0 Å². The second kappa shape index (κ2) is 2.93. The van der Waals surface area contributed by atoms with Crippen LogP contribution < -0.4 is 0 Å². The Morgan fingerprint density at radius 2 is 2.07 bits per heavy atom. The zero-order valence-electron chi connectivity index (χ0n) is 8.10. The van der Waals surface area contributed by atoms with Gasteiger partial charge in [0.1, 0.15) is 0 Å². The molecule has 1 aliphatic rings. The van der Waals surface area contributed by atoms with Gasteiger partial charge in [-0.1, -0.05) is 0 Å². The standard InChI is InChI=1S/C8H12O6/c1-7(2)13-4(5(9)14-7)8(3,12)6(10)11/h4,12H,1-3H3,(H,10,11)/t4-,8+/m1/s1. The molecule has 14 heavy (non-hydrogen) atoms. The Hall–Kier alpha value is -1.14. The fraction of sp³-hybridized carbons (Fsp3) is 0.750. The van der Waals surface area contributed by atoms with Crippen molar-refractivity contribution in [2.24, 2.45) is 0 Å². The van der Waals surface area contributed by atoms with Crippen LogP contribution >= 0.6 is 0 Å². The zero-order valence-corrected chi connectivity index (χ0v) is 8.10. The quantitative estimate of drug-likeness (QED) is 0.589. The lowest BCUT2D eigenvalue weighted by Gasteiger charge is -2.22. The Kier molecular flexibility index (Phi) is 2.29. The third-order valence-corrected chi connectivity index (χ3v) is 1.91. The van der Waals surface area contributed by atoms with Gasteiger partial charge in [0.25, 0.3) is 0 Å². The first-order chi connectivity index (χ1) is 6.17. The van der Waals surface area contributed by atoms with Crippen LogP contribution in [0.5, 0.6) is 0 Å². The highest BCUT2D eigenvalue weighted by Gasteiger charge is 2.54. The molecule has 0 bridgehead atoms. The maximum absolute atomic E-state index is 11.2. The van der Waals surface area contributed by atoms with Crippen molar-refractivity contribution < 1.29 is 29.3 Å². The molecule has 2 N–H and O–H groups in total. The van der Waals surface area contributed by atoms with Crippen molar-refractivity contribution in [2.45, 2.75) is 38.3 Å². The van der Waals surface area contributed by atoms with E-state index in [4.69, 9.17) is 14.6 Å². The maximum Gasteiger partial charge on any atom is 0.341 e. The fourth-order valence-corrected chi connectivity index (χ4v) is 1.11. The summed E-state index contributed by atoms with van der Waals surface area (Å²) < 4.78 is 9.70. The minimum Gasteiger partial charge on any atom is -0.479 e. The lowest BCUT2D eigenvalue weighted by Crippen LogP contribution is -2.50. The molecule has 2 atom stereocenters. The van der Waals surface area contributed by atoms with E-state index in [1.165, 1.54) is 13.8 Å². The predicted octanol–water partition coefficient (Wildman–Crippen LogP) is -0.500. The molecular formula is C8H12O6. The third kappa shape index (κ3) is 1.71. The zero-order chi connectivity index (χ0) is 11.1. The average molecular weight is 204 g/mol. The molecule has 1 rings (SSSR count). The lowest BCUT2D eigenvalue weighted by molar-refractivity contribution is -0.186. The van der Waals surface area contributed by atoms with E-state index in [-0.39, 0.29) is 0 Å². The molecule has 0 unspecified atom stereocenters. The predicted molar refractivity (Wildman–Crippen MR) is 43.3 cm³/mol. The summed E-state index contributed by atoms with van der Waals surface area (Å²) in [5, 5.41) is 18.1. The molecule has 0 aromatic heterocycles. The number of ether oxygens (including phenoxy) is 2. The molecule has 0 aromatic carbocycles. The highest BCUT2D eigenvalue weighted by molar-refractivity contribution is 5.88.